The number of methoxy groups -OCH3 is 1. The van der Waals surface area contributed by atoms with Crippen LogP contribution in [0, 0.1) is 11.7 Å². The lowest BCUT2D eigenvalue weighted by molar-refractivity contribution is -0.137. The summed E-state index contributed by atoms with van der Waals surface area (Å²) in [4.78, 5) is 10.9. The largest absolute Gasteiger partial charge is 0.495 e. The molecule has 5 heteroatoms. The van der Waals surface area contributed by atoms with Crippen LogP contribution in [0.2, 0.25) is 5.02 Å². The van der Waals surface area contributed by atoms with Crippen molar-refractivity contribution in [3.8, 4) is 5.75 Å². The van der Waals surface area contributed by atoms with Crippen LogP contribution in [0.3, 0.4) is 0 Å². The molecule has 1 aliphatic rings. The number of rotatable bonds is 5. The zero-order chi connectivity index (χ0) is 13.3. The van der Waals surface area contributed by atoms with E-state index in [0.717, 1.165) is 12.8 Å². The Morgan fingerprint density at radius 3 is 2.78 bits per heavy atom. The van der Waals surface area contributed by atoms with Crippen LogP contribution in [0.25, 0.3) is 0 Å². The Kier molecular flexibility index (Phi) is 3.76. The van der Waals surface area contributed by atoms with Gasteiger partial charge in [0.05, 0.1) is 18.6 Å². The fraction of sp³-hybridized carbons (Fsp3) is 0.462. The van der Waals surface area contributed by atoms with Gasteiger partial charge in [0.25, 0.3) is 0 Å². The van der Waals surface area contributed by atoms with Crippen molar-refractivity contribution in [2.45, 2.75) is 25.2 Å². The molecular weight excluding hydrogens is 259 g/mol. The maximum Gasteiger partial charge on any atom is 0.303 e. The minimum Gasteiger partial charge on any atom is -0.495 e. The molecule has 1 N–H and O–H groups in total. The van der Waals surface area contributed by atoms with E-state index in [4.69, 9.17) is 21.4 Å². The van der Waals surface area contributed by atoms with E-state index in [-0.39, 0.29) is 24.0 Å². The van der Waals surface area contributed by atoms with Gasteiger partial charge in [-0.15, -0.1) is 0 Å². The molecule has 0 bridgehead atoms. The Labute approximate surface area is 110 Å². The van der Waals surface area contributed by atoms with Crippen LogP contribution in [-0.2, 0) is 4.79 Å². The molecule has 0 heterocycles. The molecule has 18 heavy (non-hydrogen) atoms. The fourth-order valence-corrected chi connectivity index (χ4v) is 2.45. The van der Waals surface area contributed by atoms with Gasteiger partial charge >= 0.3 is 5.97 Å². The van der Waals surface area contributed by atoms with Crippen LogP contribution in [0.5, 0.6) is 5.75 Å². The van der Waals surface area contributed by atoms with E-state index in [1.165, 1.54) is 19.2 Å². The number of hydrogen-bond donors (Lipinski definition) is 1. The van der Waals surface area contributed by atoms with Crippen molar-refractivity contribution in [3.05, 3.63) is 28.5 Å². The Morgan fingerprint density at radius 2 is 2.28 bits per heavy atom. The van der Waals surface area contributed by atoms with E-state index >= 15 is 0 Å². The number of halogens is 2. The third-order valence-corrected chi connectivity index (χ3v) is 3.55. The molecule has 2 rings (SSSR count). The van der Waals surface area contributed by atoms with Gasteiger partial charge in [0.15, 0.2) is 0 Å². The molecule has 0 radical (unpaired) electrons. The maximum absolute atomic E-state index is 14.0. The van der Waals surface area contributed by atoms with Gasteiger partial charge in [-0.2, -0.15) is 0 Å². The molecule has 1 saturated carbocycles. The molecule has 3 nitrogen and oxygen atoms in total. The third-order valence-electron chi connectivity index (χ3n) is 3.26. The molecule has 0 spiro atoms. The van der Waals surface area contributed by atoms with Gasteiger partial charge in [0.1, 0.15) is 11.6 Å². The van der Waals surface area contributed by atoms with E-state index in [0.29, 0.717) is 10.6 Å². The smallest absolute Gasteiger partial charge is 0.303 e. The van der Waals surface area contributed by atoms with E-state index in [9.17, 15) is 9.18 Å². The number of benzene rings is 1. The average Bonchev–Trinajstić information content (AvgIpc) is 3.12. The van der Waals surface area contributed by atoms with E-state index in [1.54, 1.807) is 0 Å². The normalized spacial score (nSPS) is 16.4. The van der Waals surface area contributed by atoms with Crippen molar-refractivity contribution in [1.29, 1.82) is 0 Å². The number of carbonyl (C=O) groups is 1. The number of carboxylic acid groups (broad SMARTS) is 1. The molecule has 0 saturated heterocycles. The molecule has 1 aliphatic carbocycles. The van der Waals surface area contributed by atoms with Gasteiger partial charge in [-0.25, -0.2) is 4.39 Å². The zero-order valence-corrected chi connectivity index (χ0v) is 10.7. The number of hydrogen-bond acceptors (Lipinski definition) is 2. The summed E-state index contributed by atoms with van der Waals surface area (Å²) in [6.07, 6.45) is 1.83. The Morgan fingerprint density at radius 1 is 1.61 bits per heavy atom. The highest BCUT2D eigenvalue weighted by atomic mass is 35.5. The average molecular weight is 273 g/mol. The Hall–Kier alpha value is -1.29. The van der Waals surface area contributed by atoms with Crippen molar-refractivity contribution in [2.24, 2.45) is 5.92 Å². The quantitative estimate of drug-likeness (QED) is 0.893. The third kappa shape index (κ3) is 2.75. The second-order valence-electron chi connectivity index (χ2n) is 4.55. The first-order chi connectivity index (χ1) is 8.52. The monoisotopic (exact) mass is 272 g/mol. The lowest BCUT2D eigenvalue weighted by atomic mass is 9.90. The lowest BCUT2D eigenvalue weighted by Crippen LogP contribution is -2.10. The van der Waals surface area contributed by atoms with Crippen molar-refractivity contribution in [2.75, 3.05) is 7.11 Å². The van der Waals surface area contributed by atoms with Crippen LogP contribution < -0.4 is 4.74 Å². The van der Waals surface area contributed by atoms with Crippen LogP contribution in [0.15, 0.2) is 12.1 Å². The van der Waals surface area contributed by atoms with Crippen LogP contribution >= 0.6 is 11.6 Å². The van der Waals surface area contributed by atoms with Crippen LogP contribution in [0.4, 0.5) is 4.39 Å². The molecule has 1 fully saturated rings. The Bertz CT molecular complexity index is 472. The minimum atomic E-state index is -0.918. The van der Waals surface area contributed by atoms with Gasteiger partial charge in [-0.05, 0) is 30.4 Å². The number of ether oxygens (including phenoxy) is 1. The molecule has 0 aromatic heterocycles. The predicted molar refractivity (Wildman–Crippen MR) is 65.7 cm³/mol. The fourth-order valence-electron chi connectivity index (χ4n) is 2.20. The number of carboxylic acids is 1. The van der Waals surface area contributed by atoms with Crippen molar-refractivity contribution in [3.63, 3.8) is 0 Å². The van der Waals surface area contributed by atoms with Crippen LogP contribution in [-0.4, -0.2) is 18.2 Å². The summed E-state index contributed by atoms with van der Waals surface area (Å²) in [7, 11) is 1.41. The summed E-state index contributed by atoms with van der Waals surface area (Å²) in [5.41, 5.74) is 0.380. The van der Waals surface area contributed by atoms with Gasteiger partial charge in [0, 0.05) is 12.0 Å². The van der Waals surface area contributed by atoms with E-state index in [1.807, 2.05) is 0 Å². The molecule has 98 valence electrons. The molecule has 1 atom stereocenters. The van der Waals surface area contributed by atoms with Gasteiger partial charge in [0.2, 0.25) is 0 Å². The van der Waals surface area contributed by atoms with E-state index < -0.39 is 11.8 Å². The molecule has 1 unspecified atom stereocenters. The maximum atomic E-state index is 14.0. The summed E-state index contributed by atoms with van der Waals surface area (Å²) in [6.45, 7) is 0. The summed E-state index contributed by atoms with van der Waals surface area (Å²) in [5.74, 6) is -1.15. The van der Waals surface area contributed by atoms with Crippen LogP contribution in [0.1, 0.15) is 30.7 Å². The molecule has 0 amide bonds. The first-order valence-corrected chi connectivity index (χ1v) is 6.15. The van der Waals surface area contributed by atoms with E-state index in [2.05, 4.69) is 0 Å². The summed E-state index contributed by atoms with van der Waals surface area (Å²) < 4.78 is 18.9. The SMILES string of the molecule is COc1cc(F)c(C(CC(=O)O)C2CC2)cc1Cl. The summed E-state index contributed by atoms with van der Waals surface area (Å²) in [5, 5.41) is 9.21. The highest BCUT2D eigenvalue weighted by molar-refractivity contribution is 6.32. The molecule has 1 aromatic carbocycles. The first-order valence-electron chi connectivity index (χ1n) is 5.77. The summed E-state index contributed by atoms with van der Waals surface area (Å²) >= 11 is 5.97. The zero-order valence-electron chi connectivity index (χ0n) is 9.95. The van der Waals surface area contributed by atoms with Crippen molar-refractivity contribution in [1.82, 2.24) is 0 Å². The lowest BCUT2D eigenvalue weighted by Gasteiger charge is -2.16. The van der Waals surface area contributed by atoms with Gasteiger partial charge < -0.3 is 9.84 Å². The molecule has 0 aliphatic heterocycles. The highest BCUT2D eigenvalue weighted by Gasteiger charge is 2.35. The summed E-state index contributed by atoms with van der Waals surface area (Å²) in [6, 6.07) is 2.70. The predicted octanol–water partition coefficient (Wildman–Crippen LogP) is 3.46. The van der Waals surface area contributed by atoms with Crippen molar-refractivity contribution >= 4 is 17.6 Å². The second kappa shape index (κ2) is 5.14. The second-order valence-corrected chi connectivity index (χ2v) is 4.96. The minimum absolute atomic E-state index is 0.0652. The molecular formula is C13H14ClFO3. The van der Waals surface area contributed by atoms with Gasteiger partial charge in [-0.1, -0.05) is 11.6 Å². The molecule has 1 aromatic rings. The Balaban J connectivity index is 2.35. The van der Waals surface area contributed by atoms with Gasteiger partial charge in [-0.3, -0.25) is 4.79 Å². The van der Waals surface area contributed by atoms with Crippen molar-refractivity contribution < 1.29 is 19.0 Å². The topological polar surface area (TPSA) is 46.5 Å². The highest BCUT2D eigenvalue weighted by Crippen LogP contribution is 2.46. The number of aliphatic carboxylic acids is 1. The standard InChI is InChI=1S/C13H14ClFO3/c1-18-12-6-11(15)9(4-10(12)14)8(5-13(16)17)7-2-3-7/h4,6-8H,2-3,5H2,1H3,(H,16,17). The first kappa shape index (κ1) is 13.1.